The van der Waals surface area contributed by atoms with Crippen molar-refractivity contribution < 1.29 is 27.5 Å². The van der Waals surface area contributed by atoms with Gasteiger partial charge < -0.3 is 20.6 Å². The van der Waals surface area contributed by atoms with Crippen LogP contribution in [0.4, 0.5) is 14.0 Å². The Hall–Kier alpha value is -3.14. The van der Waals surface area contributed by atoms with Gasteiger partial charge >= 0.3 is 12.1 Å². The number of piperidine rings is 1. The summed E-state index contributed by atoms with van der Waals surface area (Å²) in [5.41, 5.74) is 1.62. The number of halogens is 1. The summed E-state index contributed by atoms with van der Waals surface area (Å²) in [7, 11) is -3.52. The SMILES string of the molecule is O=C(O)NCCc1ccc(S(=O)(=O)C2CCN(C(=O)NCc3ccc(F)cc3)CC2)cc1. The molecule has 1 saturated heterocycles. The molecule has 2 aromatic rings. The van der Waals surface area contributed by atoms with E-state index in [0.29, 0.717) is 32.4 Å². The molecular formula is C22H26FN3O5S. The fourth-order valence-corrected chi connectivity index (χ4v) is 5.34. The zero-order valence-corrected chi connectivity index (χ0v) is 18.3. The lowest BCUT2D eigenvalue weighted by Gasteiger charge is -2.31. The van der Waals surface area contributed by atoms with Gasteiger partial charge in [0.05, 0.1) is 10.1 Å². The number of hydrogen-bond acceptors (Lipinski definition) is 4. The first kappa shape index (κ1) is 23.5. The number of carbonyl (C=O) groups is 2. The van der Waals surface area contributed by atoms with E-state index in [1.165, 1.54) is 12.1 Å². The number of nitrogens with zero attached hydrogens (tertiary/aromatic N) is 1. The van der Waals surface area contributed by atoms with Crippen LogP contribution >= 0.6 is 0 Å². The summed E-state index contributed by atoms with van der Waals surface area (Å²) in [4.78, 5) is 24.7. The normalized spacial score (nSPS) is 14.7. The van der Waals surface area contributed by atoms with Crippen LogP contribution in [0.2, 0.25) is 0 Å². The number of nitrogens with one attached hydrogen (secondary N) is 2. The Balaban J connectivity index is 1.50. The van der Waals surface area contributed by atoms with E-state index in [-0.39, 0.29) is 29.8 Å². The highest BCUT2D eigenvalue weighted by Gasteiger charge is 2.32. The Morgan fingerprint density at radius 1 is 0.969 bits per heavy atom. The minimum atomic E-state index is -3.52. The predicted molar refractivity (Wildman–Crippen MR) is 117 cm³/mol. The Kier molecular flexibility index (Phi) is 7.68. The summed E-state index contributed by atoms with van der Waals surface area (Å²) in [5, 5.41) is 13.1. The molecule has 0 spiro atoms. The van der Waals surface area contributed by atoms with Gasteiger partial charge in [0.25, 0.3) is 0 Å². The molecule has 3 rings (SSSR count). The van der Waals surface area contributed by atoms with Crippen molar-refractivity contribution in [3.05, 3.63) is 65.5 Å². The number of benzene rings is 2. The van der Waals surface area contributed by atoms with E-state index < -0.39 is 21.2 Å². The molecule has 3 N–H and O–H groups in total. The lowest BCUT2D eigenvalue weighted by Crippen LogP contribution is -2.46. The van der Waals surface area contributed by atoms with Crippen molar-refractivity contribution in [2.24, 2.45) is 0 Å². The molecule has 2 aromatic carbocycles. The Morgan fingerprint density at radius 2 is 1.56 bits per heavy atom. The summed E-state index contributed by atoms with van der Waals surface area (Å²) in [5.74, 6) is -0.340. The minimum absolute atomic E-state index is 0.228. The third-order valence-corrected chi connectivity index (χ3v) is 7.75. The predicted octanol–water partition coefficient (Wildman–Crippen LogP) is 2.78. The number of amides is 3. The quantitative estimate of drug-likeness (QED) is 0.584. The van der Waals surface area contributed by atoms with Crippen molar-refractivity contribution in [3.8, 4) is 0 Å². The number of carbonyl (C=O) groups excluding carboxylic acids is 1. The molecule has 172 valence electrons. The van der Waals surface area contributed by atoms with Crippen LogP contribution in [0, 0.1) is 5.82 Å². The van der Waals surface area contributed by atoms with Crippen LogP contribution in [-0.2, 0) is 22.8 Å². The van der Waals surface area contributed by atoms with E-state index in [0.717, 1.165) is 11.1 Å². The number of likely N-dealkylation sites (tertiary alicyclic amines) is 1. The second-order valence-electron chi connectivity index (χ2n) is 7.64. The molecule has 3 amide bonds. The molecule has 1 aliphatic heterocycles. The first-order valence-electron chi connectivity index (χ1n) is 10.3. The van der Waals surface area contributed by atoms with Gasteiger partial charge in [-0.1, -0.05) is 24.3 Å². The largest absolute Gasteiger partial charge is 0.465 e. The smallest absolute Gasteiger partial charge is 0.404 e. The molecule has 0 radical (unpaired) electrons. The fourth-order valence-electron chi connectivity index (χ4n) is 3.61. The van der Waals surface area contributed by atoms with Gasteiger partial charge in [-0.3, -0.25) is 0 Å². The summed E-state index contributed by atoms with van der Waals surface area (Å²) in [6.45, 7) is 1.19. The van der Waals surface area contributed by atoms with Gasteiger partial charge in [-0.25, -0.2) is 22.4 Å². The first-order valence-corrected chi connectivity index (χ1v) is 11.9. The topological polar surface area (TPSA) is 116 Å². The summed E-state index contributed by atoms with van der Waals surface area (Å²) in [6.07, 6.45) is 0.0604. The van der Waals surface area contributed by atoms with Crippen LogP contribution in [0.5, 0.6) is 0 Å². The average Bonchev–Trinajstić information content (AvgIpc) is 2.79. The Bertz CT molecular complexity index is 1030. The molecule has 1 fully saturated rings. The van der Waals surface area contributed by atoms with Crippen molar-refractivity contribution in [1.82, 2.24) is 15.5 Å². The van der Waals surface area contributed by atoms with Crippen molar-refractivity contribution in [3.63, 3.8) is 0 Å². The van der Waals surface area contributed by atoms with Gasteiger partial charge in [-0.2, -0.15) is 0 Å². The van der Waals surface area contributed by atoms with Gasteiger partial charge in [0, 0.05) is 26.2 Å². The number of carboxylic acid groups (broad SMARTS) is 1. The summed E-state index contributed by atoms with van der Waals surface area (Å²) < 4.78 is 38.9. The van der Waals surface area contributed by atoms with E-state index in [1.54, 1.807) is 41.3 Å². The molecule has 10 heteroatoms. The number of rotatable bonds is 7. The molecule has 8 nitrogen and oxygen atoms in total. The maximum absolute atomic E-state index is 13.0. The highest BCUT2D eigenvalue weighted by molar-refractivity contribution is 7.92. The monoisotopic (exact) mass is 463 g/mol. The van der Waals surface area contributed by atoms with Gasteiger partial charge in [0.2, 0.25) is 0 Å². The fraction of sp³-hybridized carbons (Fsp3) is 0.364. The lowest BCUT2D eigenvalue weighted by molar-refractivity contribution is 0.186. The molecule has 1 aliphatic rings. The Labute approximate surface area is 186 Å². The first-order chi connectivity index (χ1) is 15.3. The maximum atomic E-state index is 13.0. The van der Waals surface area contributed by atoms with Gasteiger partial charge in [0.15, 0.2) is 9.84 Å². The zero-order valence-electron chi connectivity index (χ0n) is 17.5. The van der Waals surface area contributed by atoms with Crippen molar-refractivity contribution >= 4 is 22.0 Å². The van der Waals surface area contributed by atoms with E-state index >= 15 is 0 Å². The molecule has 0 unspecified atom stereocenters. The molecule has 0 aromatic heterocycles. The summed E-state index contributed by atoms with van der Waals surface area (Å²) in [6, 6.07) is 12.1. The third-order valence-electron chi connectivity index (χ3n) is 5.47. The summed E-state index contributed by atoms with van der Waals surface area (Å²) >= 11 is 0. The molecule has 0 aliphatic carbocycles. The van der Waals surface area contributed by atoms with Crippen LogP contribution in [-0.4, -0.2) is 55.4 Å². The van der Waals surface area contributed by atoms with Crippen LogP contribution in [0.15, 0.2) is 53.4 Å². The van der Waals surface area contributed by atoms with E-state index in [9.17, 15) is 22.4 Å². The van der Waals surface area contributed by atoms with Crippen molar-refractivity contribution in [2.75, 3.05) is 19.6 Å². The van der Waals surface area contributed by atoms with Gasteiger partial charge in [-0.15, -0.1) is 0 Å². The van der Waals surface area contributed by atoms with Crippen LogP contribution in [0.25, 0.3) is 0 Å². The average molecular weight is 464 g/mol. The van der Waals surface area contributed by atoms with E-state index in [4.69, 9.17) is 5.11 Å². The third kappa shape index (κ3) is 6.19. The van der Waals surface area contributed by atoms with Crippen molar-refractivity contribution in [2.45, 2.75) is 36.0 Å². The van der Waals surface area contributed by atoms with Crippen molar-refractivity contribution in [1.29, 1.82) is 0 Å². The van der Waals surface area contributed by atoms with Gasteiger partial charge in [0.1, 0.15) is 5.82 Å². The standard InChI is InChI=1S/C22H26FN3O5S/c23-18-5-1-17(2-6-18)15-25-21(27)26-13-10-20(11-14-26)32(30,31)19-7-3-16(4-8-19)9-12-24-22(28)29/h1-8,20,24H,9-15H2,(H,25,27)(H,28,29). The second-order valence-corrected chi connectivity index (χ2v) is 9.87. The molecule has 0 bridgehead atoms. The molecule has 0 atom stereocenters. The Morgan fingerprint density at radius 3 is 2.16 bits per heavy atom. The molecule has 0 saturated carbocycles. The van der Waals surface area contributed by atoms with E-state index in [2.05, 4.69) is 10.6 Å². The zero-order chi connectivity index (χ0) is 23.1. The van der Waals surface area contributed by atoms with Gasteiger partial charge in [-0.05, 0) is 54.7 Å². The van der Waals surface area contributed by atoms with Crippen LogP contribution < -0.4 is 10.6 Å². The number of hydrogen-bond donors (Lipinski definition) is 3. The highest BCUT2D eigenvalue weighted by atomic mass is 32.2. The van der Waals surface area contributed by atoms with Crippen LogP contribution in [0.1, 0.15) is 24.0 Å². The minimum Gasteiger partial charge on any atom is -0.465 e. The van der Waals surface area contributed by atoms with Crippen LogP contribution in [0.3, 0.4) is 0 Å². The van der Waals surface area contributed by atoms with E-state index in [1.807, 2.05) is 0 Å². The second kappa shape index (κ2) is 10.4. The maximum Gasteiger partial charge on any atom is 0.404 e. The molecule has 1 heterocycles. The number of sulfone groups is 1. The molecular weight excluding hydrogens is 437 g/mol. The lowest BCUT2D eigenvalue weighted by atomic mass is 10.1. The number of urea groups is 1. The molecule has 32 heavy (non-hydrogen) atoms. The highest BCUT2D eigenvalue weighted by Crippen LogP contribution is 2.25.